The first-order chi connectivity index (χ1) is 12.2. The summed E-state index contributed by atoms with van der Waals surface area (Å²) in [6.45, 7) is 4.05. The fraction of sp³-hybridized carbons (Fsp3) is 0.750. The minimum Gasteiger partial charge on any atom is -0.459 e. The predicted octanol–water partition coefficient (Wildman–Crippen LogP) is 3.63. The molecule has 3 fully saturated rings. The van der Waals surface area contributed by atoms with Crippen LogP contribution in [0.5, 0.6) is 0 Å². The van der Waals surface area contributed by atoms with E-state index in [1.807, 2.05) is 4.90 Å². The molecule has 1 aromatic heterocycles. The Morgan fingerprint density at radius 2 is 1.85 bits per heavy atom. The third-order valence-corrected chi connectivity index (χ3v) is 6.62. The summed E-state index contributed by atoms with van der Waals surface area (Å²) in [5.41, 5.74) is 0.622. The Morgan fingerprint density at radius 3 is 2.52 bits per heavy atom. The van der Waals surface area contributed by atoms with Crippen molar-refractivity contribution in [3.63, 3.8) is 0 Å². The third-order valence-electron chi connectivity index (χ3n) is 6.62. The van der Waals surface area contributed by atoms with Crippen molar-refractivity contribution in [3.8, 4) is 0 Å². The van der Waals surface area contributed by atoms with Gasteiger partial charge >= 0.3 is 0 Å². The van der Waals surface area contributed by atoms with Crippen LogP contribution in [-0.4, -0.2) is 49.1 Å². The van der Waals surface area contributed by atoms with Crippen molar-refractivity contribution in [1.82, 2.24) is 15.5 Å². The average Bonchev–Trinajstić information content (AvgIpc) is 3.19. The van der Waals surface area contributed by atoms with E-state index in [1.54, 1.807) is 18.4 Å². The number of nitrogens with one attached hydrogen (secondary N) is 2. The van der Waals surface area contributed by atoms with Gasteiger partial charge in [0.05, 0.1) is 6.26 Å². The lowest BCUT2D eigenvalue weighted by molar-refractivity contribution is 0.0638. The summed E-state index contributed by atoms with van der Waals surface area (Å²) in [6, 6.07) is 4.61. The van der Waals surface area contributed by atoms with Crippen LogP contribution in [0.2, 0.25) is 0 Å². The smallest absolute Gasteiger partial charge is 0.289 e. The van der Waals surface area contributed by atoms with Crippen LogP contribution in [0.4, 0.5) is 0 Å². The normalized spacial score (nSPS) is 25.5. The van der Waals surface area contributed by atoms with Gasteiger partial charge in [-0.2, -0.15) is 0 Å². The molecule has 1 aromatic rings. The molecule has 27 heavy (non-hydrogen) atoms. The Balaban J connectivity index is 0.00000131. The summed E-state index contributed by atoms with van der Waals surface area (Å²) >= 11 is 0. The van der Waals surface area contributed by atoms with E-state index in [0.717, 1.165) is 19.5 Å². The number of halogens is 2. The standard InChI is InChI=1S/C20H31N3O2.2ClH/c24-19(18-4-2-14-25-18)23-13-1-3-17(15-23)22-16-5-7-20(8-6-16)9-11-21-12-10-20;;/h2,4,14,16-17,21-22H,1,3,5-13,15H2;2*1H. The summed E-state index contributed by atoms with van der Waals surface area (Å²) in [5.74, 6) is 0.500. The van der Waals surface area contributed by atoms with Gasteiger partial charge < -0.3 is 20.0 Å². The van der Waals surface area contributed by atoms with Crippen LogP contribution < -0.4 is 10.6 Å². The monoisotopic (exact) mass is 417 g/mol. The maximum Gasteiger partial charge on any atom is 0.289 e. The van der Waals surface area contributed by atoms with E-state index in [-0.39, 0.29) is 30.7 Å². The molecule has 1 spiro atoms. The number of furan rings is 1. The highest BCUT2D eigenvalue weighted by molar-refractivity contribution is 5.91. The van der Waals surface area contributed by atoms with Gasteiger partial charge in [-0.25, -0.2) is 0 Å². The van der Waals surface area contributed by atoms with Crippen molar-refractivity contribution < 1.29 is 9.21 Å². The van der Waals surface area contributed by atoms with Gasteiger partial charge in [-0.3, -0.25) is 4.79 Å². The summed E-state index contributed by atoms with van der Waals surface area (Å²) in [6.07, 6.45) is 11.9. The molecule has 3 aliphatic rings. The molecule has 0 aromatic carbocycles. The molecular weight excluding hydrogens is 385 g/mol. The molecule has 2 N–H and O–H groups in total. The van der Waals surface area contributed by atoms with Crippen molar-refractivity contribution in [3.05, 3.63) is 24.2 Å². The van der Waals surface area contributed by atoms with Gasteiger partial charge in [-0.05, 0) is 82.0 Å². The number of carbonyl (C=O) groups excluding carboxylic acids is 1. The Labute approximate surface area is 174 Å². The second kappa shape index (κ2) is 10.1. The third kappa shape index (κ3) is 5.41. The number of hydrogen-bond acceptors (Lipinski definition) is 4. The minimum atomic E-state index is 0. The highest BCUT2D eigenvalue weighted by Crippen LogP contribution is 2.43. The van der Waals surface area contributed by atoms with E-state index in [4.69, 9.17) is 4.42 Å². The van der Waals surface area contributed by atoms with Crippen molar-refractivity contribution in [2.75, 3.05) is 26.2 Å². The molecule has 1 amide bonds. The van der Waals surface area contributed by atoms with Crippen molar-refractivity contribution in [1.29, 1.82) is 0 Å². The number of piperidine rings is 2. The molecule has 2 aliphatic heterocycles. The second-order valence-corrected chi connectivity index (χ2v) is 8.26. The van der Waals surface area contributed by atoms with Gasteiger partial charge in [0, 0.05) is 25.2 Å². The van der Waals surface area contributed by atoms with Crippen molar-refractivity contribution in [2.45, 2.75) is 63.5 Å². The highest BCUT2D eigenvalue weighted by atomic mass is 35.5. The van der Waals surface area contributed by atoms with Crippen molar-refractivity contribution in [2.24, 2.45) is 5.41 Å². The molecule has 3 heterocycles. The fourth-order valence-corrected chi connectivity index (χ4v) is 5.04. The molecule has 7 heteroatoms. The lowest BCUT2D eigenvalue weighted by Crippen LogP contribution is -2.52. The van der Waals surface area contributed by atoms with Crippen LogP contribution in [0.1, 0.15) is 61.9 Å². The van der Waals surface area contributed by atoms with Crippen LogP contribution >= 0.6 is 24.8 Å². The first-order valence-electron chi connectivity index (χ1n) is 10.0. The molecule has 1 saturated carbocycles. The predicted molar refractivity (Wildman–Crippen MR) is 112 cm³/mol. The van der Waals surface area contributed by atoms with E-state index in [9.17, 15) is 4.79 Å². The molecular formula is C20H33Cl2N3O2. The Morgan fingerprint density at radius 1 is 1.11 bits per heavy atom. The van der Waals surface area contributed by atoms with Crippen molar-refractivity contribution >= 4 is 30.7 Å². The SMILES string of the molecule is Cl.Cl.O=C(c1ccco1)N1CCCC(NC2CCC3(CCNCC3)CC2)C1. The Bertz CT molecular complexity index is 566. The topological polar surface area (TPSA) is 57.5 Å². The van der Waals surface area contributed by atoms with E-state index in [1.165, 1.54) is 58.0 Å². The molecule has 1 unspecified atom stereocenters. The fourth-order valence-electron chi connectivity index (χ4n) is 5.04. The summed E-state index contributed by atoms with van der Waals surface area (Å²) in [4.78, 5) is 14.5. The number of nitrogens with zero attached hydrogens (tertiary/aromatic N) is 1. The lowest BCUT2D eigenvalue weighted by Gasteiger charge is -2.44. The summed E-state index contributed by atoms with van der Waals surface area (Å²) < 4.78 is 5.28. The first kappa shape index (κ1) is 22.5. The highest BCUT2D eigenvalue weighted by Gasteiger charge is 2.37. The van der Waals surface area contributed by atoms with Gasteiger partial charge in [0.2, 0.25) is 0 Å². The number of carbonyl (C=O) groups is 1. The quantitative estimate of drug-likeness (QED) is 0.787. The molecule has 5 nitrogen and oxygen atoms in total. The number of likely N-dealkylation sites (tertiary alicyclic amines) is 1. The Hall–Kier alpha value is -0.750. The maximum absolute atomic E-state index is 12.5. The van der Waals surface area contributed by atoms with E-state index < -0.39 is 0 Å². The zero-order valence-electron chi connectivity index (χ0n) is 16.0. The van der Waals surface area contributed by atoms with Gasteiger partial charge in [0.15, 0.2) is 5.76 Å². The largest absolute Gasteiger partial charge is 0.459 e. The molecule has 0 bridgehead atoms. The van der Waals surface area contributed by atoms with E-state index in [2.05, 4.69) is 10.6 Å². The summed E-state index contributed by atoms with van der Waals surface area (Å²) in [5, 5.41) is 7.37. The van der Waals surface area contributed by atoms with Gasteiger partial charge in [0.1, 0.15) is 0 Å². The first-order valence-corrected chi connectivity index (χ1v) is 10.0. The molecule has 4 rings (SSSR count). The summed E-state index contributed by atoms with van der Waals surface area (Å²) in [7, 11) is 0. The lowest BCUT2D eigenvalue weighted by atomic mass is 9.67. The zero-order chi connectivity index (χ0) is 17.1. The van der Waals surface area contributed by atoms with Crippen LogP contribution in [0.25, 0.3) is 0 Å². The van der Waals surface area contributed by atoms with Gasteiger partial charge in [-0.1, -0.05) is 0 Å². The molecule has 1 aliphatic carbocycles. The van der Waals surface area contributed by atoms with E-state index in [0.29, 0.717) is 23.3 Å². The van der Waals surface area contributed by atoms with Crippen LogP contribution in [0.15, 0.2) is 22.8 Å². The molecule has 1 atom stereocenters. The zero-order valence-corrected chi connectivity index (χ0v) is 17.6. The van der Waals surface area contributed by atoms with Crippen LogP contribution in [0.3, 0.4) is 0 Å². The number of rotatable bonds is 3. The van der Waals surface area contributed by atoms with Gasteiger partial charge in [-0.15, -0.1) is 24.8 Å². The molecule has 154 valence electrons. The van der Waals surface area contributed by atoms with Gasteiger partial charge in [0.25, 0.3) is 5.91 Å². The second-order valence-electron chi connectivity index (χ2n) is 8.26. The maximum atomic E-state index is 12.5. The number of amides is 1. The van der Waals surface area contributed by atoms with Crippen LogP contribution in [-0.2, 0) is 0 Å². The molecule has 0 radical (unpaired) electrons. The van der Waals surface area contributed by atoms with Crippen LogP contribution in [0, 0.1) is 5.41 Å². The molecule has 2 saturated heterocycles. The number of hydrogen-bond donors (Lipinski definition) is 2. The average molecular weight is 418 g/mol. The Kier molecular flexibility index (Phi) is 8.47. The minimum absolute atomic E-state index is 0. The van der Waals surface area contributed by atoms with E-state index >= 15 is 0 Å².